The summed E-state index contributed by atoms with van der Waals surface area (Å²) in [7, 11) is 1.49. The van der Waals surface area contributed by atoms with E-state index in [1.54, 1.807) is 18.2 Å². The van der Waals surface area contributed by atoms with Gasteiger partial charge in [0.25, 0.3) is 5.89 Å². The topological polar surface area (TPSA) is 78.4 Å². The van der Waals surface area contributed by atoms with Gasteiger partial charge in [-0.15, -0.1) is 0 Å². The summed E-state index contributed by atoms with van der Waals surface area (Å²) in [6.45, 7) is 0. The minimum Gasteiger partial charge on any atom is -0.497 e. The van der Waals surface area contributed by atoms with Crippen molar-refractivity contribution >= 4 is 11.0 Å². The lowest BCUT2D eigenvalue weighted by atomic mass is 10.1. The van der Waals surface area contributed by atoms with Gasteiger partial charge in [-0.05, 0) is 30.3 Å². The number of hydrogen-bond acceptors (Lipinski definition) is 6. The maximum atomic E-state index is 12.7. The molecule has 4 aromatic rings. The molecule has 0 saturated carbocycles. The number of fused-ring (bicyclic) bond motifs is 1. The van der Waals surface area contributed by atoms with Gasteiger partial charge in [0.15, 0.2) is 0 Å². The van der Waals surface area contributed by atoms with Gasteiger partial charge in [-0.25, -0.2) is 4.79 Å². The molecule has 0 unspecified atom stereocenters. The molecular weight excluding hydrogens is 377 g/mol. The van der Waals surface area contributed by atoms with Crippen LogP contribution in [-0.4, -0.2) is 17.3 Å². The molecule has 0 aliphatic heterocycles. The van der Waals surface area contributed by atoms with E-state index in [9.17, 15) is 18.0 Å². The fourth-order valence-electron chi connectivity index (χ4n) is 2.63. The highest BCUT2D eigenvalue weighted by atomic mass is 19.4. The Hall–Kier alpha value is -3.62. The molecule has 0 spiro atoms. The van der Waals surface area contributed by atoms with Crippen LogP contribution in [0.5, 0.6) is 5.75 Å². The highest BCUT2D eigenvalue weighted by molar-refractivity contribution is 5.81. The third-order valence-corrected chi connectivity index (χ3v) is 4.07. The van der Waals surface area contributed by atoms with Crippen molar-refractivity contribution in [3.63, 3.8) is 0 Å². The Labute approximate surface area is 155 Å². The van der Waals surface area contributed by atoms with Crippen LogP contribution in [0.15, 0.2) is 62.3 Å². The van der Waals surface area contributed by atoms with Crippen molar-refractivity contribution in [2.75, 3.05) is 7.11 Å². The Morgan fingerprint density at radius 2 is 1.79 bits per heavy atom. The average Bonchev–Trinajstić information content (AvgIpc) is 3.16. The van der Waals surface area contributed by atoms with Crippen molar-refractivity contribution in [2.24, 2.45) is 0 Å². The van der Waals surface area contributed by atoms with E-state index in [1.165, 1.54) is 25.3 Å². The fourth-order valence-corrected chi connectivity index (χ4v) is 2.63. The number of alkyl halides is 3. The average molecular weight is 388 g/mol. The van der Waals surface area contributed by atoms with E-state index in [2.05, 4.69) is 10.1 Å². The standard InChI is InChI=1S/C19H11F3N2O4/c1-26-13-7-4-11-8-14(18(25)27-15(11)9-13)17-23-16(24-28-17)10-2-5-12(6-3-10)19(20,21)22/h2-9H,1H3. The first-order valence-electron chi connectivity index (χ1n) is 7.99. The molecule has 0 saturated heterocycles. The third-order valence-electron chi connectivity index (χ3n) is 4.07. The summed E-state index contributed by atoms with van der Waals surface area (Å²) in [5, 5.41) is 4.35. The molecule has 6 nitrogen and oxygen atoms in total. The number of halogens is 3. The largest absolute Gasteiger partial charge is 0.497 e. The zero-order valence-corrected chi connectivity index (χ0v) is 14.3. The third kappa shape index (κ3) is 3.22. The Bertz CT molecular complexity index is 1210. The fraction of sp³-hybridized carbons (Fsp3) is 0.105. The van der Waals surface area contributed by atoms with Crippen molar-refractivity contribution < 1.29 is 26.8 Å². The molecule has 4 rings (SSSR count). The first kappa shape index (κ1) is 17.8. The molecule has 142 valence electrons. The predicted octanol–water partition coefficient (Wildman–Crippen LogP) is 4.54. The molecule has 9 heteroatoms. The lowest BCUT2D eigenvalue weighted by Crippen LogP contribution is -2.04. The first-order valence-corrected chi connectivity index (χ1v) is 7.99. The second kappa shape index (κ2) is 6.52. The monoisotopic (exact) mass is 388 g/mol. The molecule has 2 heterocycles. The van der Waals surface area contributed by atoms with Gasteiger partial charge in [-0.3, -0.25) is 0 Å². The quantitative estimate of drug-likeness (QED) is 0.480. The van der Waals surface area contributed by atoms with Gasteiger partial charge in [0.2, 0.25) is 5.82 Å². The summed E-state index contributed by atoms with van der Waals surface area (Å²) in [5.74, 6) is 0.491. The van der Waals surface area contributed by atoms with Crippen molar-refractivity contribution in [2.45, 2.75) is 6.18 Å². The van der Waals surface area contributed by atoms with Gasteiger partial charge < -0.3 is 13.7 Å². The normalized spacial score (nSPS) is 11.7. The van der Waals surface area contributed by atoms with Crippen LogP contribution in [0.2, 0.25) is 0 Å². The predicted molar refractivity (Wildman–Crippen MR) is 92.8 cm³/mol. The van der Waals surface area contributed by atoms with E-state index in [0.29, 0.717) is 22.3 Å². The molecular formula is C19H11F3N2O4. The Kier molecular flexibility index (Phi) is 4.14. The lowest BCUT2D eigenvalue weighted by Gasteiger charge is -2.05. The summed E-state index contributed by atoms with van der Waals surface area (Å²) in [6.07, 6.45) is -4.44. The van der Waals surface area contributed by atoms with E-state index in [1.807, 2.05) is 0 Å². The Morgan fingerprint density at radius 1 is 1.04 bits per heavy atom. The SMILES string of the molecule is COc1ccc2cc(-c3nc(-c4ccc(C(F)(F)F)cc4)no3)c(=O)oc2c1. The van der Waals surface area contributed by atoms with Gasteiger partial charge in [0.1, 0.15) is 16.9 Å². The Balaban J connectivity index is 1.71. The number of hydrogen-bond donors (Lipinski definition) is 0. The molecule has 0 N–H and O–H groups in total. The summed E-state index contributed by atoms with van der Waals surface area (Å²) >= 11 is 0. The van der Waals surface area contributed by atoms with Crippen LogP contribution in [0.4, 0.5) is 13.2 Å². The van der Waals surface area contributed by atoms with E-state index >= 15 is 0 Å². The van der Waals surface area contributed by atoms with Crippen molar-refractivity contribution in [3.8, 4) is 28.6 Å². The van der Waals surface area contributed by atoms with E-state index in [0.717, 1.165) is 12.1 Å². The number of benzene rings is 2. The van der Waals surface area contributed by atoms with Gasteiger partial charge in [-0.1, -0.05) is 17.3 Å². The second-order valence-corrected chi connectivity index (χ2v) is 5.85. The number of aromatic nitrogens is 2. The minimum atomic E-state index is -4.44. The molecule has 28 heavy (non-hydrogen) atoms. The lowest BCUT2D eigenvalue weighted by molar-refractivity contribution is -0.137. The van der Waals surface area contributed by atoms with E-state index < -0.39 is 17.4 Å². The van der Waals surface area contributed by atoms with Gasteiger partial charge in [0.05, 0.1) is 12.7 Å². The van der Waals surface area contributed by atoms with E-state index in [4.69, 9.17) is 13.7 Å². The molecule has 0 fully saturated rings. The molecule has 0 bridgehead atoms. The molecule has 2 aromatic carbocycles. The van der Waals surface area contributed by atoms with Crippen LogP contribution in [0, 0.1) is 0 Å². The molecule has 0 aliphatic rings. The highest BCUT2D eigenvalue weighted by Crippen LogP contribution is 2.31. The van der Waals surface area contributed by atoms with Crippen LogP contribution in [0.1, 0.15) is 5.56 Å². The molecule has 0 aliphatic carbocycles. The maximum absolute atomic E-state index is 12.7. The summed E-state index contributed by atoms with van der Waals surface area (Å²) in [6, 6.07) is 10.8. The number of rotatable bonds is 3. The number of ether oxygens (including phenoxy) is 1. The van der Waals surface area contributed by atoms with Gasteiger partial charge in [-0.2, -0.15) is 18.2 Å². The summed E-state index contributed by atoms with van der Waals surface area (Å²) in [5.41, 5.74) is -0.786. The van der Waals surface area contributed by atoms with Crippen LogP contribution in [-0.2, 0) is 6.18 Å². The van der Waals surface area contributed by atoms with Crippen molar-refractivity contribution in [3.05, 3.63) is 64.5 Å². The van der Waals surface area contributed by atoms with Crippen molar-refractivity contribution in [1.82, 2.24) is 10.1 Å². The highest BCUT2D eigenvalue weighted by Gasteiger charge is 2.30. The van der Waals surface area contributed by atoms with Gasteiger partial charge in [0, 0.05) is 17.0 Å². The molecule has 0 atom stereocenters. The van der Waals surface area contributed by atoms with Crippen LogP contribution < -0.4 is 10.4 Å². The van der Waals surface area contributed by atoms with Crippen LogP contribution in [0.25, 0.3) is 33.8 Å². The molecule has 0 radical (unpaired) electrons. The number of methoxy groups -OCH3 is 1. The maximum Gasteiger partial charge on any atom is 0.416 e. The molecule has 2 aromatic heterocycles. The van der Waals surface area contributed by atoms with Crippen LogP contribution in [0.3, 0.4) is 0 Å². The minimum absolute atomic E-state index is 0.0447. The Morgan fingerprint density at radius 3 is 2.46 bits per heavy atom. The second-order valence-electron chi connectivity index (χ2n) is 5.85. The summed E-state index contributed by atoms with van der Waals surface area (Å²) in [4.78, 5) is 16.4. The number of nitrogens with zero attached hydrogens (tertiary/aromatic N) is 2. The smallest absolute Gasteiger partial charge is 0.416 e. The molecule has 0 amide bonds. The van der Waals surface area contributed by atoms with Gasteiger partial charge >= 0.3 is 11.8 Å². The van der Waals surface area contributed by atoms with E-state index in [-0.39, 0.29) is 17.3 Å². The zero-order valence-electron chi connectivity index (χ0n) is 14.3. The van der Waals surface area contributed by atoms with Crippen LogP contribution >= 0.6 is 0 Å². The zero-order chi connectivity index (χ0) is 19.9. The van der Waals surface area contributed by atoms with Crippen molar-refractivity contribution in [1.29, 1.82) is 0 Å². The first-order chi connectivity index (χ1) is 13.3. The summed E-state index contributed by atoms with van der Waals surface area (Å²) < 4.78 is 53.5.